The van der Waals surface area contributed by atoms with E-state index >= 15 is 0 Å². The number of carbonyl (C=O) groups excluding carboxylic acids is 1. The van der Waals surface area contributed by atoms with Crippen molar-refractivity contribution in [3.63, 3.8) is 0 Å². The van der Waals surface area contributed by atoms with Crippen molar-refractivity contribution in [1.29, 1.82) is 0 Å². The molecule has 8 heteroatoms. The summed E-state index contributed by atoms with van der Waals surface area (Å²) < 4.78 is 40.3. The summed E-state index contributed by atoms with van der Waals surface area (Å²) >= 11 is 0. The minimum absolute atomic E-state index is 0.00650. The maximum Gasteiger partial charge on any atom is 0.315 e. The second-order valence-corrected chi connectivity index (χ2v) is 5.01. The van der Waals surface area contributed by atoms with Crippen LogP contribution in [-0.2, 0) is 24.3 Å². The van der Waals surface area contributed by atoms with Crippen molar-refractivity contribution in [2.75, 3.05) is 6.54 Å². The molecule has 1 aromatic carbocycles. The van der Waals surface area contributed by atoms with Gasteiger partial charge in [-0.05, 0) is 11.6 Å². The summed E-state index contributed by atoms with van der Waals surface area (Å²) in [5, 5.41) is 7.92. The minimum atomic E-state index is -3.02. The zero-order valence-corrected chi connectivity index (χ0v) is 11.5. The lowest BCUT2D eigenvalue weighted by Crippen LogP contribution is -2.41. The Morgan fingerprint density at radius 2 is 2.00 bits per heavy atom. The molecule has 1 aliphatic rings. The number of alkyl halides is 2. The van der Waals surface area contributed by atoms with E-state index in [1.807, 2.05) is 0 Å². The molecule has 0 aliphatic carbocycles. The van der Waals surface area contributed by atoms with Crippen molar-refractivity contribution in [3.8, 4) is 0 Å². The first kappa shape index (κ1) is 14.6. The molecule has 0 saturated heterocycles. The largest absolute Gasteiger partial charge is 0.328 e. The molecule has 0 N–H and O–H groups in total. The molecule has 1 amide bonds. The number of rotatable bonds is 3. The van der Waals surface area contributed by atoms with Gasteiger partial charge in [0.2, 0.25) is 0 Å². The number of fused-ring (bicyclic) bond motifs is 1. The second-order valence-electron chi connectivity index (χ2n) is 5.01. The van der Waals surface area contributed by atoms with E-state index in [0.717, 1.165) is 4.90 Å². The molecule has 1 aliphatic heterocycles. The van der Waals surface area contributed by atoms with Gasteiger partial charge >= 0.3 is 6.43 Å². The Kier molecular flexibility index (Phi) is 3.82. The lowest BCUT2D eigenvalue weighted by Gasteiger charge is -2.27. The number of hydrogen-bond donors (Lipinski definition) is 0. The summed E-state index contributed by atoms with van der Waals surface area (Å²) in [6.45, 7) is 0.483. The molecule has 0 bridgehead atoms. The SMILES string of the molecule is O=C(C(F)F)N1CCn2c(Cc3ccccc3F)nnc2C1. The van der Waals surface area contributed by atoms with Crippen LogP contribution in [0.4, 0.5) is 13.2 Å². The van der Waals surface area contributed by atoms with Crippen molar-refractivity contribution in [2.24, 2.45) is 0 Å². The lowest BCUT2D eigenvalue weighted by atomic mass is 10.1. The first-order chi connectivity index (χ1) is 10.6. The van der Waals surface area contributed by atoms with Gasteiger partial charge in [-0.25, -0.2) is 4.39 Å². The highest BCUT2D eigenvalue weighted by Crippen LogP contribution is 2.18. The monoisotopic (exact) mass is 310 g/mol. The quantitative estimate of drug-likeness (QED) is 0.865. The van der Waals surface area contributed by atoms with Crippen LogP contribution in [0.25, 0.3) is 0 Å². The van der Waals surface area contributed by atoms with Gasteiger partial charge in [-0.1, -0.05) is 18.2 Å². The van der Waals surface area contributed by atoms with Crippen LogP contribution in [0.5, 0.6) is 0 Å². The zero-order valence-electron chi connectivity index (χ0n) is 11.5. The molecule has 22 heavy (non-hydrogen) atoms. The molecule has 1 aromatic heterocycles. The van der Waals surface area contributed by atoms with Crippen molar-refractivity contribution < 1.29 is 18.0 Å². The number of benzene rings is 1. The highest BCUT2D eigenvalue weighted by atomic mass is 19.3. The lowest BCUT2D eigenvalue weighted by molar-refractivity contribution is -0.144. The summed E-state index contributed by atoms with van der Waals surface area (Å²) in [6, 6.07) is 6.36. The molecular formula is C14H13F3N4O. The first-order valence-corrected chi connectivity index (χ1v) is 6.77. The summed E-state index contributed by atoms with van der Waals surface area (Å²) in [5.41, 5.74) is 0.490. The maximum absolute atomic E-state index is 13.7. The molecule has 3 rings (SSSR count). The predicted molar refractivity (Wildman–Crippen MR) is 70.6 cm³/mol. The van der Waals surface area contributed by atoms with Gasteiger partial charge in [-0.2, -0.15) is 8.78 Å². The molecular weight excluding hydrogens is 297 g/mol. The molecule has 2 heterocycles. The number of amides is 1. The van der Waals surface area contributed by atoms with Crippen LogP contribution in [-0.4, -0.2) is 38.5 Å². The van der Waals surface area contributed by atoms with Gasteiger partial charge in [-0.3, -0.25) is 4.79 Å². The standard InChI is InChI=1S/C14H13F3N4O/c15-10-4-2-1-3-9(10)7-11-18-19-12-8-20(5-6-21(11)12)14(22)13(16)17/h1-4,13H,5-8H2. The van der Waals surface area contributed by atoms with Crippen LogP contribution in [0.1, 0.15) is 17.2 Å². The number of halogens is 3. The van der Waals surface area contributed by atoms with Gasteiger partial charge < -0.3 is 9.47 Å². The average molecular weight is 310 g/mol. The molecule has 5 nitrogen and oxygen atoms in total. The van der Waals surface area contributed by atoms with Crippen molar-refractivity contribution in [1.82, 2.24) is 19.7 Å². The van der Waals surface area contributed by atoms with E-state index in [1.165, 1.54) is 6.07 Å². The highest BCUT2D eigenvalue weighted by Gasteiger charge is 2.29. The molecule has 0 spiro atoms. The Morgan fingerprint density at radius 3 is 2.73 bits per heavy atom. The van der Waals surface area contributed by atoms with E-state index in [1.54, 1.807) is 22.8 Å². The smallest absolute Gasteiger partial charge is 0.315 e. The molecule has 0 fully saturated rings. The maximum atomic E-state index is 13.7. The third kappa shape index (κ3) is 2.68. The van der Waals surface area contributed by atoms with E-state index in [9.17, 15) is 18.0 Å². The van der Waals surface area contributed by atoms with Crippen molar-refractivity contribution in [3.05, 3.63) is 47.3 Å². The third-order valence-corrected chi connectivity index (χ3v) is 3.63. The fourth-order valence-corrected chi connectivity index (χ4v) is 2.49. The average Bonchev–Trinajstić information content (AvgIpc) is 2.91. The van der Waals surface area contributed by atoms with Crippen molar-refractivity contribution in [2.45, 2.75) is 25.9 Å². The summed E-state index contributed by atoms with van der Waals surface area (Å²) in [6.07, 6.45) is -2.75. The Morgan fingerprint density at radius 1 is 1.23 bits per heavy atom. The summed E-state index contributed by atoms with van der Waals surface area (Å²) in [7, 11) is 0. The molecule has 116 valence electrons. The second kappa shape index (κ2) is 5.78. The van der Waals surface area contributed by atoms with Crippen LogP contribution in [0, 0.1) is 5.82 Å². The zero-order chi connectivity index (χ0) is 15.7. The number of carbonyl (C=O) groups is 1. The van der Waals surface area contributed by atoms with Gasteiger partial charge in [0.15, 0.2) is 5.82 Å². The van der Waals surface area contributed by atoms with Crippen LogP contribution in [0.3, 0.4) is 0 Å². The fraction of sp³-hybridized carbons (Fsp3) is 0.357. The third-order valence-electron chi connectivity index (χ3n) is 3.63. The fourth-order valence-electron chi connectivity index (χ4n) is 2.49. The van der Waals surface area contributed by atoms with E-state index in [2.05, 4.69) is 10.2 Å². The highest BCUT2D eigenvalue weighted by molar-refractivity contribution is 5.79. The van der Waals surface area contributed by atoms with Gasteiger partial charge in [0.05, 0.1) is 6.54 Å². The normalized spacial score (nSPS) is 14.3. The number of nitrogens with zero attached hydrogens (tertiary/aromatic N) is 4. The Labute approximate surface area is 124 Å². The molecule has 2 aromatic rings. The molecule has 0 unspecified atom stereocenters. The molecule has 0 atom stereocenters. The van der Waals surface area contributed by atoms with Crippen LogP contribution >= 0.6 is 0 Å². The Bertz CT molecular complexity index is 701. The molecule has 0 saturated carbocycles. The summed E-state index contributed by atoms with van der Waals surface area (Å²) in [5.74, 6) is -0.536. The number of hydrogen-bond acceptors (Lipinski definition) is 3. The van der Waals surface area contributed by atoms with E-state index in [-0.39, 0.29) is 25.3 Å². The van der Waals surface area contributed by atoms with Crippen molar-refractivity contribution >= 4 is 5.91 Å². The van der Waals surface area contributed by atoms with Gasteiger partial charge in [0.25, 0.3) is 5.91 Å². The first-order valence-electron chi connectivity index (χ1n) is 6.77. The van der Waals surface area contributed by atoms with E-state index in [4.69, 9.17) is 0 Å². The minimum Gasteiger partial charge on any atom is -0.328 e. The van der Waals surface area contributed by atoms with E-state index in [0.29, 0.717) is 23.8 Å². The molecule has 0 radical (unpaired) electrons. The van der Waals surface area contributed by atoms with Crippen LogP contribution in [0.15, 0.2) is 24.3 Å². The number of aromatic nitrogens is 3. The van der Waals surface area contributed by atoms with Gasteiger partial charge in [0.1, 0.15) is 11.6 Å². The van der Waals surface area contributed by atoms with Crippen LogP contribution in [0.2, 0.25) is 0 Å². The van der Waals surface area contributed by atoms with E-state index < -0.39 is 12.3 Å². The topological polar surface area (TPSA) is 51.0 Å². The summed E-state index contributed by atoms with van der Waals surface area (Å²) in [4.78, 5) is 12.4. The Hall–Kier alpha value is -2.38. The Balaban J connectivity index is 1.79. The van der Waals surface area contributed by atoms with Gasteiger partial charge in [-0.15, -0.1) is 10.2 Å². The van der Waals surface area contributed by atoms with Crippen LogP contribution < -0.4 is 0 Å². The predicted octanol–water partition coefficient (Wildman–Crippen LogP) is 1.62. The van der Waals surface area contributed by atoms with Gasteiger partial charge in [0, 0.05) is 19.5 Å².